The molecule has 0 aliphatic carbocycles. The molecule has 0 aromatic heterocycles. The summed E-state index contributed by atoms with van der Waals surface area (Å²) in [5.41, 5.74) is 5.34. The number of halogens is 4. The highest BCUT2D eigenvalue weighted by Gasteiger charge is 2.41. The first-order valence-corrected chi connectivity index (χ1v) is 24.7. The summed E-state index contributed by atoms with van der Waals surface area (Å²) in [5.74, 6) is -0.383. The number of amidine groups is 1. The quantitative estimate of drug-likeness (QED) is 0.0474. The van der Waals surface area contributed by atoms with Gasteiger partial charge in [0.15, 0.2) is 11.9 Å². The van der Waals surface area contributed by atoms with Gasteiger partial charge in [0.25, 0.3) is 11.8 Å². The van der Waals surface area contributed by atoms with Gasteiger partial charge < -0.3 is 15.4 Å². The van der Waals surface area contributed by atoms with Crippen LogP contribution < -0.4 is 25.8 Å². The second-order valence-electron chi connectivity index (χ2n) is 17.7. The summed E-state index contributed by atoms with van der Waals surface area (Å²) in [4.78, 5) is 44.9. The van der Waals surface area contributed by atoms with Crippen LogP contribution in [0.1, 0.15) is 130 Å². The fourth-order valence-corrected chi connectivity index (χ4v) is 8.41. The number of carbonyl (C=O) groups excluding carboxylic acids is 3. The molecule has 1 saturated heterocycles. The van der Waals surface area contributed by atoms with Crippen LogP contribution in [-0.2, 0) is 20.8 Å². The lowest BCUT2D eigenvalue weighted by Gasteiger charge is -2.19. The Hall–Kier alpha value is -4.68. The Kier molecular flexibility index (Phi) is 20.6. The number of rotatable bonds is 24. The third kappa shape index (κ3) is 16.0. The van der Waals surface area contributed by atoms with E-state index in [4.69, 9.17) is 56.1 Å². The molecule has 2 atom stereocenters. The van der Waals surface area contributed by atoms with E-state index in [0.29, 0.717) is 29.2 Å². The largest absolute Gasteiger partial charge is 0.481 e. The number of aryl methyl sites for hydroxylation is 1. The number of anilines is 3. The van der Waals surface area contributed by atoms with Crippen molar-refractivity contribution in [1.29, 1.82) is 0 Å². The van der Waals surface area contributed by atoms with Gasteiger partial charge in [0.2, 0.25) is 11.9 Å². The van der Waals surface area contributed by atoms with Crippen molar-refractivity contribution >= 4 is 98.4 Å². The highest BCUT2D eigenvalue weighted by Crippen LogP contribution is 2.38. The number of aliphatic imine (C=N–C) groups is 1. The topological polar surface area (TPSA) is 137 Å². The van der Waals surface area contributed by atoms with Gasteiger partial charge in [-0.15, -0.1) is 0 Å². The van der Waals surface area contributed by atoms with Gasteiger partial charge in [0, 0.05) is 21.8 Å². The van der Waals surface area contributed by atoms with Crippen LogP contribution in [0.5, 0.6) is 5.75 Å². The molecule has 3 amide bonds. The van der Waals surface area contributed by atoms with Crippen molar-refractivity contribution in [3.63, 3.8) is 0 Å². The number of hydrogen-bond acceptors (Lipinski definition) is 7. The number of nitrogens with one attached hydrogen (secondary N) is 3. The summed E-state index contributed by atoms with van der Waals surface area (Å²) in [5, 5.41) is 16.4. The van der Waals surface area contributed by atoms with Crippen LogP contribution in [0.15, 0.2) is 94.1 Å². The Morgan fingerprint density at radius 3 is 1.95 bits per heavy atom. The maximum Gasteiger partial charge on any atom is 0.280 e. The molecule has 1 heterocycles. The second-order valence-corrected chi connectivity index (χ2v) is 19.3. The van der Waals surface area contributed by atoms with Crippen molar-refractivity contribution in [1.82, 2.24) is 5.43 Å². The van der Waals surface area contributed by atoms with Crippen LogP contribution in [0.4, 0.5) is 28.4 Å². The number of hydrogen-bond donors (Lipinski definition) is 3. The molecule has 11 nitrogen and oxygen atoms in total. The Labute approximate surface area is 410 Å². The molecular formula is C51H63Cl4N7O4. The summed E-state index contributed by atoms with van der Waals surface area (Å²) in [6.45, 7) is 9.62. The van der Waals surface area contributed by atoms with Crippen LogP contribution in [-0.4, -0.2) is 35.7 Å². The molecule has 66 heavy (non-hydrogen) atoms. The zero-order chi connectivity index (χ0) is 47.6. The normalized spacial score (nSPS) is 15.0. The van der Waals surface area contributed by atoms with Gasteiger partial charge >= 0.3 is 0 Å². The molecule has 0 spiro atoms. The van der Waals surface area contributed by atoms with E-state index in [-0.39, 0.29) is 49.1 Å². The highest BCUT2D eigenvalue weighted by atomic mass is 35.5. The fraction of sp³-hybridized carbons (Fsp3) is 0.451. The molecule has 1 aliphatic heterocycles. The molecule has 1 aliphatic rings. The molecule has 3 N–H and O–H groups in total. The number of ether oxygens (including phenoxy) is 1. The van der Waals surface area contributed by atoms with E-state index in [2.05, 4.69) is 39.3 Å². The number of azo groups is 1. The molecule has 0 bridgehead atoms. The minimum absolute atomic E-state index is 0.0544. The fourth-order valence-electron chi connectivity index (χ4n) is 7.27. The summed E-state index contributed by atoms with van der Waals surface area (Å²) >= 11 is 25.9. The minimum Gasteiger partial charge on any atom is -0.481 e. The molecule has 15 heteroatoms. The SMILES string of the molecule is CCCCCCCCCCCCCCCc1cccc(OC(CC)C(=O)Nc2ccc(Cl)c(N=C3NN(c4c(Cl)cc(Cl)cc4Cl)C(=O)C3N=Nc3ccc(NC(=O)C(C)(C)C)cc3)c2)c1. The van der Waals surface area contributed by atoms with Crippen molar-refractivity contribution in [3.8, 4) is 5.75 Å². The van der Waals surface area contributed by atoms with Crippen molar-refractivity contribution in [2.75, 3.05) is 15.6 Å². The molecule has 2 unspecified atom stereocenters. The summed E-state index contributed by atoms with van der Waals surface area (Å²) in [6, 6.07) is 21.1. The highest BCUT2D eigenvalue weighted by molar-refractivity contribution is 6.43. The Morgan fingerprint density at radius 1 is 0.742 bits per heavy atom. The molecule has 0 saturated carbocycles. The number of hydrazine groups is 1. The predicted molar refractivity (Wildman–Crippen MR) is 273 cm³/mol. The van der Waals surface area contributed by atoms with Crippen LogP contribution in [0, 0.1) is 5.41 Å². The Bertz CT molecular complexity index is 2290. The molecule has 4 aromatic rings. The third-order valence-corrected chi connectivity index (χ3v) is 12.2. The predicted octanol–water partition coefficient (Wildman–Crippen LogP) is 15.4. The number of benzene rings is 4. The van der Waals surface area contributed by atoms with Crippen LogP contribution in [0.3, 0.4) is 0 Å². The van der Waals surface area contributed by atoms with E-state index < -0.39 is 23.5 Å². The first-order valence-electron chi connectivity index (χ1n) is 23.2. The van der Waals surface area contributed by atoms with Gasteiger partial charge in [-0.2, -0.15) is 10.2 Å². The lowest BCUT2D eigenvalue weighted by Crippen LogP contribution is -2.36. The molecule has 5 rings (SSSR count). The van der Waals surface area contributed by atoms with Crippen LogP contribution >= 0.6 is 46.4 Å². The second kappa shape index (κ2) is 26.0. The van der Waals surface area contributed by atoms with Gasteiger partial charge in [0.05, 0.1) is 26.4 Å². The van der Waals surface area contributed by atoms with E-state index in [1.54, 1.807) is 42.5 Å². The van der Waals surface area contributed by atoms with Gasteiger partial charge in [-0.25, -0.2) is 10.0 Å². The van der Waals surface area contributed by atoms with Crippen LogP contribution in [0.2, 0.25) is 20.1 Å². The van der Waals surface area contributed by atoms with Gasteiger partial charge in [-0.05, 0) is 91.6 Å². The molecule has 354 valence electrons. The standard InChI is InChI=1S/C51H63Cl4N7O4/c1-6-8-9-10-11-12-13-14-15-16-17-18-19-21-34-22-20-23-39(30-34)66-44(7-2)48(63)56-38-28-29-40(53)43(33-38)58-47-45(49(64)62(61-47)46-41(54)31-35(52)32-42(46)55)60-59-37-26-24-36(25-27-37)57-50(65)51(3,4)5/h20,22-33,44-45H,6-19,21H2,1-5H3,(H,56,63)(H,57,65)(H,58,61). The Morgan fingerprint density at radius 2 is 1.35 bits per heavy atom. The van der Waals surface area contributed by atoms with Crippen molar-refractivity contribution in [2.24, 2.45) is 20.6 Å². The molecular weight excluding hydrogens is 916 g/mol. The van der Waals surface area contributed by atoms with E-state index >= 15 is 0 Å². The maximum atomic E-state index is 14.0. The lowest BCUT2D eigenvalue weighted by atomic mass is 9.95. The van der Waals surface area contributed by atoms with E-state index in [1.165, 1.54) is 94.7 Å². The number of carbonyl (C=O) groups is 3. The average Bonchev–Trinajstić information content (AvgIpc) is 3.57. The third-order valence-electron chi connectivity index (χ3n) is 11.1. The summed E-state index contributed by atoms with van der Waals surface area (Å²) < 4.78 is 6.24. The van der Waals surface area contributed by atoms with E-state index in [1.807, 2.05) is 45.9 Å². The van der Waals surface area contributed by atoms with E-state index in [0.717, 1.165) is 17.9 Å². The van der Waals surface area contributed by atoms with Crippen molar-refractivity contribution in [2.45, 2.75) is 143 Å². The minimum atomic E-state index is -1.29. The first-order chi connectivity index (χ1) is 31.7. The number of amides is 3. The molecule has 1 fully saturated rings. The molecule has 4 aromatic carbocycles. The summed E-state index contributed by atoms with van der Waals surface area (Å²) in [6.07, 6.45) is 17.7. The molecule has 0 radical (unpaired) electrons. The lowest BCUT2D eigenvalue weighted by molar-refractivity contribution is -0.123. The maximum absolute atomic E-state index is 14.0. The number of nitrogens with zero attached hydrogens (tertiary/aromatic N) is 4. The number of unbranched alkanes of at least 4 members (excludes halogenated alkanes) is 12. The van der Waals surface area contributed by atoms with Gasteiger partial charge in [-0.3, -0.25) is 19.8 Å². The monoisotopic (exact) mass is 977 g/mol. The summed E-state index contributed by atoms with van der Waals surface area (Å²) in [7, 11) is 0. The average molecular weight is 980 g/mol. The first kappa shape index (κ1) is 52.3. The van der Waals surface area contributed by atoms with E-state index in [9.17, 15) is 14.4 Å². The smallest absolute Gasteiger partial charge is 0.280 e. The van der Waals surface area contributed by atoms with Crippen LogP contribution in [0.25, 0.3) is 0 Å². The van der Waals surface area contributed by atoms with Gasteiger partial charge in [-0.1, -0.05) is 170 Å². The van der Waals surface area contributed by atoms with Gasteiger partial charge in [0.1, 0.15) is 11.4 Å². The zero-order valence-electron chi connectivity index (χ0n) is 38.7. The van der Waals surface area contributed by atoms with Crippen molar-refractivity contribution < 1.29 is 19.1 Å². The zero-order valence-corrected chi connectivity index (χ0v) is 41.7. The van der Waals surface area contributed by atoms with Crippen molar-refractivity contribution in [3.05, 3.63) is 105 Å². The Balaban J connectivity index is 1.23.